The van der Waals surface area contributed by atoms with E-state index < -0.39 is 21.3 Å². The van der Waals surface area contributed by atoms with Gasteiger partial charge >= 0.3 is 0 Å². The normalized spacial score (nSPS) is 15.6. The summed E-state index contributed by atoms with van der Waals surface area (Å²) in [6.07, 6.45) is 0. The van der Waals surface area contributed by atoms with Crippen LogP contribution in [-0.2, 0) is 11.4 Å². The molecule has 2 atom stereocenters. The summed E-state index contributed by atoms with van der Waals surface area (Å²) in [7, 11) is 0. The van der Waals surface area contributed by atoms with E-state index in [9.17, 15) is 30.4 Å². The summed E-state index contributed by atoms with van der Waals surface area (Å²) < 4.78 is 0. The summed E-state index contributed by atoms with van der Waals surface area (Å²) >= 11 is 1.06. The van der Waals surface area contributed by atoms with Crippen LogP contribution in [0.5, 0.6) is 0 Å². The van der Waals surface area contributed by atoms with Gasteiger partial charge in [0.1, 0.15) is 11.4 Å². The Morgan fingerprint density at radius 3 is 1.33 bits per heavy atom. The molecule has 144 valence electrons. The van der Waals surface area contributed by atoms with E-state index in [0.29, 0.717) is 0 Å². The average molecular weight is 394 g/mol. The summed E-state index contributed by atoms with van der Waals surface area (Å²) in [5.74, 6) is -0.0887. The van der Waals surface area contributed by atoms with Crippen LogP contribution < -0.4 is 11.5 Å². The minimum Gasteiger partial charge on any atom is -0.371 e. The second-order valence-electron chi connectivity index (χ2n) is 5.95. The van der Waals surface area contributed by atoms with Crippen molar-refractivity contribution in [3.8, 4) is 0 Å². The first kappa shape index (κ1) is 20.7. The Kier molecular flexibility index (Phi) is 6.13. The molecule has 0 aromatic heterocycles. The number of nitrogens with zero attached hydrogens (tertiary/aromatic N) is 2. The fraction of sp³-hybridized carbons (Fsp3) is 0.250. The SMILES string of the molecule is NC(O)(CSCC(N)(O)c1ccc([N+](=O)[O-])cc1)c1ccc([N+](=O)[O-])cc1. The maximum atomic E-state index is 10.7. The lowest BCUT2D eigenvalue weighted by molar-refractivity contribution is -0.385. The standard InChI is InChI=1S/C16H18N4O6S/c17-15(21,11-1-5-13(6-2-11)19(23)24)9-27-10-16(18,22)12-3-7-14(8-4-12)20(25)26/h1-8,21-22H,9-10,17-18H2. The van der Waals surface area contributed by atoms with Crippen LogP contribution in [0, 0.1) is 20.2 Å². The number of nitrogens with two attached hydrogens (primary N) is 2. The molecule has 10 nitrogen and oxygen atoms in total. The van der Waals surface area contributed by atoms with Gasteiger partial charge in [-0.3, -0.25) is 31.7 Å². The Hall–Kier alpha value is -2.57. The number of nitro benzene ring substituents is 2. The third-order valence-electron chi connectivity index (χ3n) is 3.80. The topological polar surface area (TPSA) is 179 Å². The predicted molar refractivity (Wildman–Crippen MR) is 99.7 cm³/mol. The molecule has 11 heteroatoms. The van der Waals surface area contributed by atoms with E-state index in [-0.39, 0.29) is 34.0 Å². The average Bonchev–Trinajstić information content (AvgIpc) is 2.61. The van der Waals surface area contributed by atoms with Crippen LogP contribution in [0.3, 0.4) is 0 Å². The molecule has 27 heavy (non-hydrogen) atoms. The summed E-state index contributed by atoms with van der Waals surface area (Å²) in [6.45, 7) is 0. The van der Waals surface area contributed by atoms with Crippen molar-refractivity contribution >= 4 is 23.1 Å². The lowest BCUT2D eigenvalue weighted by Crippen LogP contribution is -2.42. The van der Waals surface area contributed by atoms with E-state index in [1.54, 1.807) is 0 Å². The molecule has 0 aliphatic carbocycles. The van der Waals surface area contributed by atoms with Crippen molar-refractivity contribution < 1.29 is 20.1 Å². The Balaban J connectivity index is 2.00. The van der Waals surface area contributed by atoms with Crippen molar-refractivity contribution in [2.45, 2.75) is 11.4 Å². The van der Waals surface area contributed by atoms with Gasteiger partial charge in [-0.15, -0.1) is 0 Å². The van der Waals surface area contributed by atoms with Crippen LogP contribution in [0.4, 0.5) is 11.4 Å². The fourth-order valence-corrected chi connectivity index (χ4v) is 3.33. The first-order chi connectivity index (χ1) is 12.5. The molecule has 2 aromatic rings. The number of nitro groups is 2. The van der Waals surface area contributed by atoms with Gasteiger partial charge in [0.15, 0.2) is 0 Å². The number of benzene rings is 2. The lowest BCUT2D eigenvalue weighted by atomic mass is 10.1. The smallest absolute Gasteiger partial charge is 0.269 e. The summed E-state index contributed by atoms with van der Waals surface area (Å²) in [5, 5.41) is 42.1. The predicted octanol–water partition coefficient (Wildman–Crippen LogP) is 1.14. The van der Waals surface area contributed by atoms with Crippen molar-refractivity contribution in [2.24, 2.45) is 11.5 Å². The summed E-state index contributed by atoms with van der Waals surface area (Å²) in [4.78, 5) is 20.2. The Bertz CT molecular complexity index is 754. The van der Waals surface area contributed by atoms with E-state index >= 15 is 0 Å². The number of aliphatic hydroxyl groups is 2. The number of hydrogen-bond acceptors (Lipinski definition) is 9. The summed E-state index contributed by atoms with van der Waals surface area (Å²) in [6, 6.07) is 10.3. The van der Waals surface area contributed by atoms with Gasteiger partial charge in [0, 0.05) is 35.8 Å². The zero-order valence-corrected chi connectivity index (χ0v) is 14.8. The van der Waals surface area contributed by atoms with E-state index in [2.05, 4.69) is 0 Å². The second kappa shape index (κ2) is 7.98. The molecule has 0 heterocycles. The Labute approximate surface area is 158 Å². The van der Waals surface area contributed by atoms with Crippen LogP contribution in [0.25, 0.3) is 0 Å². The molecule has 0 amide bonds. The molecule has 0 radical (unpaired) electrons. The van der Waals surface area contributed by atoms with Crippen LogP contribution in [0.1, 0.15) is 11.1 Å². The minimum absolute atomic E-state index is 0.0443. The van der Waals surface area contributed by atoms with Gasteiger partial charge in [0.25, 0.3) is 11.4 Å². The van der Waals surface area contributed by atoms with E-state index in [4.69, 9.17) is 11.5 Å². The van der Waals surface area contributed by atoms with Crippen LogP contribution in [-0.4, -0.2) is 31.6 Å². The van der Waals surface area contributed by atoms with Crippen LogP contribution in [0.2, 0.25) is 0 Å². The first-order valence-corrected chi connectivity index (χ1v) is 8.78. The van der Waals surface area contributed by atoms with Gasteiger partial charge in [0.2, 0.25) is 0 Å². The maximum Gasteiger partial charge on any atom is 0.269 e. The Morgan fingerprint density at radius 2 is 1.07 bits per heavy atom. The number of hydrogen-bond donors (Lipinski definition) is 4. The molecule has 0 fully saturated rings. The number of non-ortho nitro benzene ring substituents is 2. The molecular weight excluding hydrogens is 376 g/mol. The highest BCUT2D eigenvalue weighted by Gasteiger charge is 2.29. The van der Waals surface area contributed by atoms with Gasteiger partial charge in [-0.25, -0.2) is 0 Å². The highest BCUT2D eigenvalue weighted by molar-refractivity contribution is 7.99. The minimum atomic E-state index is -1.79. The van der Waals surface area contributed by atoms with E-state index in [1.807, 2.05) is 0 Å². The molecule has 0 saturated carbocycles. The Morgan fingerprint density at radius 1 is 0.778 bits per heavy atom. The zero-order chi connectivity index (χ0) is 20.2. The largest absolute Gasteiger partial charge is 0.371 e. The molecule has 2 rings (SSSR count). The van der Waals surface area contributed by atoms with Crippen molar-refractivity contribution in [1.29, 1.82) is 0 Å². The first-order valence-electron chi connectivity index (χ1n) is 7.63. The molecular formula is C16H18N4O6S. The lowest BCUT2D eigenvalue weighted by Gasteiger charge is -2.27. The zero-order valence-electron chi connectivity index (χ0n) is 14.0. The van der Waals surface area contributed by atoms with E-state index in [0.717, 1.165) is 11.8 Å². The molecule has 0 aliphatic rings. The molecule has 0 saturated heterocycles. The van der Waals surface area contributed by atoms with E-state index in [1.165, 1.54) is 48.5 Å². The molecule has 0 aliphatic heterocycles. The van der Waals surface area contributed by atoms with Crippen LogP contribution >= 0.6 is 11.8 Å². The van der Waals surface area contributed by atoms with Gasteiger partial charge in [-0.05, 0) is 35.4 Å². The molecule has 2 aromatic carbocycles. The highest BCUT2D eigenvalue weighted by atomic mass is 32.2. The number of thioether (sulfide) groups is 1. The van der Waals surface area contributed by atoms with Gasteiger partial charge in [-0.2, -0.15) is 11.8 Å². The highest BCUT2D eigenvalue weighted by Crippen LogP contribution is 2.27. The van der Waals surface area contributed by atoms with Crippen molar-refractivity contribution in [3.63, 3.8) is 0 Å². The quantitative estimate of drug-likeness (QED) is 0.290. The monoisotopic (exact) mass is 394 g/mol. The van der Waals surface area contributed by atoms with Gasteiger partial charge < -0.3 is 10.2 Å². The van der Waals surface area contributed by atoms with Crippen molar-refractivity contribution in [2.75, 3.05) is 11.5 Å². The molecule has 2 unspecified atom stereocenters. The molecule has 6 N–H and O–H groups in total. The van der Waals surface area contributed by atoms with Gasteiger partial charge in [0.05, 0.1) is 9.85 Å². The second-order valence-corrected chi connectivity index (χ2v) is 6.93. The third-order valence-corrected chi connectivity index (χ3v) is 5.09. The number of rotatable bonds is 8. The van der Waals surface area contributed by atoms with Crippen molar-refractivity contribution in [3.05, 3.63) is 79.9 Å². The molecule has 0 bridgehead atoms. The van der Waals surface area contributed by atoms with Crippen LogP contribution in [0.15, 0.2) is 48.5 Å². The van der Waals surface area contributed by atoms with Gasteiger partial charge in [-0.1, -0.05) is 0 Å². The third kappa shape index (κ3) is 5.21. The fourth-order valence-electron chi connectivity index (χ4n) is 2.27. The summed E-state index contributed by atoms with van der Waals surface area (Å²) in [5.41, 5.74) is 8.43. The molecule has 0 spiro atoms. The maximum absolute atomic E-state index is 10.7. The van der Waals surface area contributed by atoms with Crippen molar-refractivity contribution in [1.82, 2.24) is 0 Å².